The molecule has 2 heterocycles. The molecule has 0 aliphatic rings. The van der Waals surface area contributed by atoms with Crippen molar-refractivity contribution in [3.8, 4) is 22.4 Å². The van der Waals surface area contributed by atoms with Gasteiger partial charge in [0.25, 0.3) is 0 Å². The Labute approximate surface area is 189 Å². The number of thiophene rings is 1. The zero-order valence-electron chi connectivity index (χ0n) is 16.7. The summed E-state index contributed by atoms with van der Waals surface area (Å²) < 4.78 is 0. The molecule has 3 nitrogen and oxygen atoms in total. The molecule has 0 fully saturated rings. The molecule has 0 saturated carbocycles. The summed E-state index contributed by atoms with van der Waals surface area (Å²) in [6, 6.07) is 27.2. The summed E-state index contributed by atoms with van der Waals surface area (Å²) in [7, 11) is 0. The Balaban J connectivity index is 1.77. The van der Waals surface area contributed by atoms with E-state index in [4.69, 9.17) is 11.6 Å². The second kappa shape index (κ2) is 8.06. The monoisotopic (exact) mass is 440 g/mol. The molecule has 31 heavy (non-hydrogen) atoms. The quantitative estimate of drug-likeness (QED) is 0.277. The molecule has 0 aliphatic carbocycles. The van der Waals surface area contributed by atoms with Crippen molar-refractivity contribution in [1.82, 2.24) is 10.2 Å². The summed E-state index contributed by atoms with van der Waals surface area (Å²) in [6.45, 7) is 1.99. The van der Waals surface area contributed by atoms with Gasteiger partial charge in [-0.15, -0.1) is 21.5 Å². The SMILES string of the molecule is Cc1c(C(=O)c2ccc(Cl)cc2)sc2nnc(-c3ccccc3)c(-c3ccccc3)c12. The lowest BCUT2D eigenvalue weighted by atomic mass is 9.95. The van der Waals surface area contributed by atoms with Crippen molar-refractivity contribution < 1.29 is 4.79 Å². The Morgan fingerprint density at radius 1 is 0.806 bits per heavy atom. The zero-order chi connectivity index (χ0) is 21.4. The maximum atomic E-state index is 13.3. The van der Waals surface area contributed by atoms with Gasteiger partial charge in [-0.05, 0) is 42.3 Å². The first-order valence-electron chi connectivity index (χ1n) is 9.84. The molecule has 5 heteroatoms. The number of benzene rings is 3. The van der Waals surface area contributed by atoms with Crippen LogP contribution in [-0.4, -0.2) is 16.0 Å². The van der Waals surface area contributed by atoms with E-state index in [9.17, 15) is 4.79 Å². The van der Waals surface area contributed by atoms with Crippen LogP contribution < -0.4 is 0 Å². The van der Waals surface area contributed by atoms with Gasteiger partial charge in [0.2, 0.25) is 5.78 Å². The van der Waals surface area contributed by atoms with Gasteiger partial charge >= 0.3 is 0 Å². The highest BCUT2D eigenvalue weighted by Gasteiger charge is 2.23. The number of hydrogen-bond acceptors (Lipinski definition) is 4. The lowest BCUT2D eigenvalue weighted by molar-refractivity contribution is 0.104. The van der Waals surface area contributed by atoms with Gasteiger partial charge in [0.15, 0.2) is 0 Å². The maximum absolute atomic E-state index is 13.3. The average Bonchev–Trinajstić information content (AvgIpc) is 3.16. The van der Waals surface area contributed by atoms with Gasteiger partial charge < -0.3 is 0 Å². The molecule has 0 spiro atoms. The number of nitrogens with zero attached hydrogens (tertiary/aromatic N) is 2. The second-order valence-corrected chi connectivity index (χ2v) is 8.66. The largest absolute Gasteiger partial charge is 0.288 e. The molecule has 0 N–H and O–H groups in total. The number of hydrogen-bond donors (Lipinski definition) is 0. The zero-order valence-corrected chi connectivity index (χ0v) is 18.2. The molecule has 0 saturated heterocycles. The highest BCUT2D eigenvalue weighted by atomic mass is 35.5. The van der Waals surface area contributed by atoms with Crippen LogP contribution in [0, 0.1) is 6.92 Å². The van der Waals surface area contributed by atoms with E-state index >= 15 is 0 Å². The topological polar surface area (TPSA) is 42.9 Å². The van der Waals surface area contributed by atoms with Crippen molar-refractivity contribution in [2.45, 2.75) is 6.92 Å². The Hall–Kier alpha value is -3.34. The third kappa shape index (κ3) is 3.54. The minimum atomic E-state index is -0.0301. The maximum Gasteiger partial charge on any atom is 0.203 e. The summed E-state index contributed by atoms with van der Waals surface area (Å²) in [5.74, 6) is -0.0301. The molecule has 0 atom stereocenters. The number of halogens is 1. The van der Waals surface area contributed by atoms with E-state index in [1.165, 1.54) is 11.3 Å². The normalized spacial score (nSPS) is 11.0. The summed E-state index contributed by atoms with van der Waals surface area (Å²) >= 11 is 7.38. The number of fused-ring (bicyclic) bond motifs is 1. The fraction of sp³-hybridized carbons (Fsp3) is 0.0385. The predicted octanol–water partition coefficient (Wildman–Crippen LogP) is 7.22. The van der Waals surface area contributed by atoms with Crippen LogP contribution in [0.5, 0.6) is 0 Å². The van der Waals surface area contributed by atoms with Crippen molar-refractivity contribution in [3.63, 3.8) is 0 Å². The average molecular weight is 441 g/mol. The second-order valence-electron chi connectivity index (χ2n) is 7.23. The van der Waals surface area contributed by atoms with Crippen LogP contribution in [0.2, 0.25) is 5.02 Å². The smallest absolute Gasteiger partial charge is 0.203 e. The van der Waals surface area contributed by atoms with E-state index in [1.807, 2.05) is 55.5 Å². The Morgan fingerprint density at radius 2 is 1.42 bits per heavy atom. The van der Waals surface area contributed by atoms with Crippen LogP contribution in [0.25, 0.3) is 32.6 Å². The molecular formula is C26H17ClN2OS. The van der Waals surface area contributed by atoms with Gasteiger partial charge in [0.1, 0.15) is 10.5 Å². The fourth-order valence-corrected chi connectivity index (χ4v) is 4.98. The van der Waals surface area contributed by atoms with E-state index in [-0.39, 0.29) is 5.78 Å². The summed E-state index contributed by atoms with van der Waals surface area (Å²) in [4.78, 5) is 14.7. The van der Waals surface area contributed by atoms with E-state index in [2.05, 4.69) is 22.3 Å². The summed E-state index contributed by atoms with van der Waals surface area (Å²) in [5.41, 5.74) is 5.38. The van der Waals surface area contributed by atoms with Crippen LogP contribution in [0.4, 0.5) is 0 Å². The summed E-state index contributed by atoms with van der Waals surface area (Å²) in [6.07, 6.45) is 0. The van der Waals surface area contributed by atoms with Crippen LogP contribution in [0.15, 0.2) is 84.9 Å². The van der Waals surface area contributed by atoms with Gasteiger partial charge in [0.05, 0.1) is 4.88 Å². The van der Waals surface area contributed by atoms with E-state index < -0.39 is 0 Å². The van der Waals surface area contributed by atoms with Crippen molar-refractivity contribution >= 4 is 38.9 Å². The number of rotatable bonds is 4. The molecule has 0 amide bonds. The molecule has 2 aromatic heterocycles. The Bertz CT molecular complexity index is 1390. The first kappa shape index (κ1) is 19.6. The van der Waals surface area contributed by atoms with Crippen molar-refractivity contribution in [1.29, 1.82) is 0 Å². The van der Waals surface area contributed by atoms with Crippen LogP contribution in [-0.2, 0) is 0 Å². The molecular weight excluding hydrogens is 424 g/mol. The predicted molar refractivity (Wildman–Crippen MR) is 128 cm³/mol. The lowest BCUT2D eigenvalue weighted by Crippen LogP contribution is -2.00. The number of ketones is 1. The van der Waals surface area contributed by atoms with E-state index in [0.717, 1.165) is 38.2 Å². The van der Waals surface area contributed by atoms with Crippen molar-refractivity contribution in [2.75, 3.05) is 0 Å². The van der Waals surface area contributed by atoms with Gasteiger partial charge in [-0.25, -0.2) is 0 Å². The summed E-state index contributed by atoms with van der Waals surface area (Å²) in [5, 5.41) is 10.7. The van der Waals surface area contributed by atoms with Crippen molar-refractivity contribution in [2.24, 2.45) is 0 Å². The number of aromatic nitrogens is 2. The minimum Gasteiger partial charge on any atom is -0.288 e. The molecule has 0 bridgehead atoms. The van der Waals surface area contributed by atoms with Gasteiger partial charge in [0, 0.05) is 27.1 Å². The van der Waals surface area contributed by atoms with Crippen molar-refractivity contribution in [3.05, 3.63) is 106 Å². The van der Waals surface area contributed by atoms with Crippen LogP contribution >= 0.6 is 22.9 Å². The standard InChI is InChI=1S/C26H17ClN2OS/c1-16-21-22(17-8-4-2-5-9-17)23(18-10-6-3-7-11-18)28-29-26(21)31-25(16)24(30)19-12-14-20(27)15-13-19/h2-15H,1H3. The number of carbonyl (C=O) groups excluding carboxylic acids is 1. The Kier molecular flexibility index (Phi) is 5.10. The molecule has 0 unspecified atom stereocenters. The minimum absolute atomic E-state index is 0.0301. The lowest BCUT2D eigenvalue weighted by Gasteiger charge is -2.11. The first-order chi connectivity index (χ1) is 15.1. The molecule has 0 aliphatic heterocycles. The van der Waals surface area contributed by atoms with E-state index in [1.54, 1.807) is 24.3 Å². The van der Waals surface area contributed by atoms with Gasteiger partial charge in [-0.3, -0.25) is 4.79 Å². The molecule has 5 rings (SSSR count). The third-order valence-electron chi connectivity index (χ3n) is 5.28. The fourth-order valence-electron chi connectivity index (χ4n) is 3.76. The number of aryl methyl sites for hydroxylation is 1. The van der Waals surface area contributed by atoms with E-state index in [0.29, 0.717) is 15.5 Å². The van der Waals surface area contributed by atoms with Gasteiger partial charge in [-0.1, -0.05) is 72.3 Å². The van der Waals surface area contributed by atoms with Crippen LogP contribution in [0.1, 0.15) is 20.8 Å². The molecule has 5 aromatic rings. The molecule has 3 aromatic carbocycles. The van der Waals surface area contributed by atoms with Crippen LogP contribution in [0.3, 0.4) is 0 Å². The first-order valence-corrected chi connectivity index (χ1v) is 11.0. The third-order valence-corrected chi connectivity index (χ3v) is 6.70. The Morgan fingerprint density at radius 3 is 2.06 bits per heavy atom. The molecule has 0 radical (unpaired) electrons. The van der Waals surface area contributed by atoms with Gasteiger partial charge in [-0.2, -0.15) is 0 Å². The molecule has 150 valence electrons. The highest BCUT2D eigenvalue weighted by molar-refractivity contribution is 7.20. The highest BCUT2D eigenvalue weighted by Crippen LogP contribution is 2.41. The number of carbonyl (C=O) groups is 1.